The van der Waals surface area contributed by atoms with Gasteiger partial charge in [-0.1, -0.05) is 60.7 Å². The Kier molecular flexibility index (Phi) is 9.12. The van der Waals surface area contributed by atoms with Crippen molar-refractivity contribution in [2.45, 2.75) is 31.3 Å². The quantitative estimate of drug-likeness (QED) is 0.0709. The normalized spacial score (nSPS) is 18.6. The summed E-state index contributed by atoms with van der Waals surface area (Å²) in [6.45, 7) is 1.83. The first kappa shape index (κ1) is 34.3. The molecule has 11 nitrogen and oxygen atoms in total. The summed E-state index contributed by atoms with van der Waals surface area (Å²) in [5.74, 6) is -0.721. The van der Waals surface area contributed by atoms with Gasteiger partial charge in [0.25, 0.3) is 17.5 Å². The smallest absolute Gasteiger partial charge is 0.335 e. The van der Waals surface area contributed by atoms with Crippen LogP contribution in [0.4, 0.5) is 21.9 Å². The van der Waals surface area contributed by atoms with Gasteiger partial charge in [0.1, 0.15) is 23.7 Å². The van der Waals surface area contributed by atoms with Crippen molar-refractivity contribution in [1.29, 1.82) is 0 Å². The van der Waals surface area contributed by atoms with E-state index in [1.165, 1.54) is 25.3 Å². The lowest BCUT2D eigenvalue weighted by molar-refractivity contribution is -0.384. The second-order valence-corrected chi connectivity index (χ2v) is 13.5. The number of nitro groups is 1. The summed E-state index contributed by atoms with van der Waals surface area (Å²) in [6, 6.07) is 34.5. The van der Waals surface area contributed by atoms with E-state index in [0.29, 0.717) is 28.3 Å². The first-order valence-electron chi connectivity index (χ1n) is 17.8. The zero-order chi connectivity index (χ0) is 37.3. The molecule has 3 aliphatic heterocycles. The van der Waals surface area contributed by atoms with Gasteiger partial charge in [0.05, 0.1) is 17.7 Å². The lowest BCUT2D eigenvalue weighted by atomic mass is 9.76. The van der Waals surface area contributed by atoms with Gasteiger partial charge < -0.3 is 14.4 Å². The molecule has 8 rings (SSSR count). The number of amides is 4. The number of urea groups is 1. The molecule has 1 fully saturated rings. The highest BCUT2D eigenvalue weighted by Crippen LogP contribution is 2.50. The molecule has 1 saturated heterocycles. The minimum Gasteiger partial charge on any atom is -0.497 e. The second kappa shape index (κ2) is 14.3. The van der Waals surface area contributed by atoms with Gasteiger partial charge in [-0.25, -0.2) is 9.69 Å². The van der Waals surface area contributed by atoms with Gasteiger partial charge in [0.2, 0.25) is 0 Å². The summed E-state index contributed by atoms with van der Waals surface area (Å²) >= 11 is 0. The number of hydrogen-bond acceptors (Lipinski definition) is 8. The molecular formula is C43H36N4O7. The number of non-ortho nitro benzene ring substituents is 1. The van der Waals surface area contributed by atoms with E-state index in [4.69, 9.17) is 9.47 Å². The molecule has 0 spiro atoms. The number of barbiturate groups is 1. The number of hydrogen-bond donors (Lipinski definition) is 1. The Balaban J connectivity index is 1.19. The Morgan fingerprint density at radius 1 is 0.815 bits per heavy atom. The fourth-order valence-electron chi connectivity index (χ4n) is 7.78. The number of imide groups is 2. The molecule has 0 saturated carbocycles. The first-order chi connectivity index (χ1) is 26.3. The van der Waals surface area contributed by atoms with Crippen molar-refractivity contribution in [1.82, 2.24) is 5.32 Å². The fraction of sp³-hybridized carbons (Fsp3) is 0.186. The average molecular weight is 721 g/mol. The second-order valence-electron chi connectivity index (χ2n) is 13.5. The molecule has 0 aromatic heterocycles. The lowest BCUT2D eigenvalue weighted by Gasteiger charge is -2.44. The summed E-state index contributed by atoms with van der Waals surface area (Å²) < 4.78 is 11.5. The third kappa shape index (κ3) is 6.44. The van der Waals surface area contributed by atoms with E-state index >= 15 is 0 Å². The molecule has 0 radical (unpaired) electrons. The topological polar surface area (TPSA) is 131 Å². The molecule has 2 atom stereocenters. The molecule has 5 aromatic carbocycles. The van der Waals surface area contributed by atoms with Gasteiger partial charge in [-0.15, -0.1) is 0 Å². The molecule has 0 aliphatic carbocycles. The van der Waals surface area contributed by atoms with Crippen molar-refractivity contribution in [3.63, 3.8) is 0 Å². The van der Waals surface area contributed by atoms with Gasteiger partial charge in [0.15, 0.2) is 0 Å². The zero-order valence-electron chi connectivity index (χ0n) is 29.4. The van der Waals surface area contributed by atoms with Crippen LogP contribution in [0.2, 0.25) is 0 Å². The molecule has 1 N–H and O–H groups in total. The average Bonchev–Trinajstić information content (AvgIpc) is 3.20. The van der Waals surface area contributed by atoms with Gasteiger partial charge in [-0.2, -0.15) is 0 Å². The zero-order valence-corrected chi connectivity index (χ0v) is 29.4. The Morgan fingerprint density at radius 2 is 1.43 bits per heavy atom. The van der Waals surface area contributed by atoms with E-state index in [2.05, 4.69) is 34.5 Å². The number of nitro benzene ring substituents is 1. The predicted octanol–water partition coefficient (Wildman–Crippen LogP) is 7.73. The van der Waals surface area contributed by atoms with Crippen LogP contribution in [0.1, 0.15) is 58.1 Å². The van der Waals surface area contributed by atoms with E-state index in [9.17, 15) is 24.5 Å². The van der Waals surface area contributed by atoms with Crippen molar-refractivity contribution < 1.29 is 28.8 Å². The van der Waals surface area contributed by atoms with Crippen LogP contribution in [0.5, 0.6) is 11.5 Å². The van der Waals surface area contributed by atoms with Crippen LogP contribution in [0, 0.1) is 10.1 Å². The van der Waals surface area contributed by atoms with E-state index in [1.54, 1.807) is 30.3 Å². The van der Waals surface area contributed by atoms with E-state index in [1.807, 2.05) is 48.5 Å². The minimum atomic E-state index is -0.826. The number of nitrogens with zero attached hydrogens (tertiary/aromatic N) is 3. The van der Waals surface area contributed by atoms with Crippen LogP contribution >= 0.6 is 0 Å². The van der Waals surface area contributed by atoms with Crippen LogP contribution in [0.3, 0.4) is 0 Å². The molecule has 4 amide bonds. The van der Waals surface area contributed by atoms with Crippen molar-refractivity contribution in [3.8, 4) is 11.5 Å². The molecule has 3 aliphatic rings. The van der Waals surface area contributed by atoms with Crippen molar-refractivity contribution in [3.05, 3.63) is 164 Å². The largest absolute Gasteiger partial charge is 0.497 e. The van der Waals surface area contributed by atoms with E-state index in [-0.39, 0.29) is 29.7 Å². The minimum absolute atomic E-state index is 0.0417. The maximum absolute atomic E-state index is 14.4. The van der Waals surface area contributed by atoms with Gasteiger partial charge >= 0.3 is 6.03 Å². The van der Waals surface area contributed by atoms with Crippen LogP contribution in [0.15, 0.2) is 121 Å². The van der Waals surface area contributed by atoms with Crippen LogP contribution in [-0.4, -0.2) is 43.0 Å². The van der Waals surface area contributed by atoms with E-state index in [0.717, 1.165) is 58.8 Å². The van der Waals surface area contributed by atoms with Gasteiger partial charge in [-0.3, -0.25) is 25.0 Å². The highest BCUT2D eigenvalue weighted by molar-refractivity contribution is 6.39. The third-order valence-corrected chi connectivity index (χ3v) is 10.4. The summed E-state index contributed by atoms with van der Waals surface area (Å²) in [7, 11) is 1.50. The summed E-state index contributed by atoms with van der Waals surface area (Å²) in [4.78, 5) is 55.6. The SMILES string of the molecule is COc1ccc(/C=C2\C(=O)NC(=O)N(c3cc4c5c(c3)[C@H](c3ccccc3)CCN5CC[C@@H]4c3ccccc3)C2=O)c(OCc2ccc([N+](=O)[O-])cc2)c1. The number of rotatable bonds is 9. The van der Waals surface area contributed by atoms with Crippen LogP contribution in [-0.2, 0) is 16.2 Å². The molecule has 54 heavy (non-hydrogen) atoms. The molecule has 270 valence electrons. The van der Waals surface area contributed by atoms with Crippen LogP contribution < -0.4 is 24.6 Å². The Morgan fingerprint density at radius 3 is 2.00 bits per heavy atom. The summed E-state index contributed by atoms with van der Waals surface area (Å²) in [5.41, 5.74) is 6.71. The highest BCUT2D eigenvalue weighted by atomic mass is 16.6. The molecule has 5 aromatic rings. The molecule has 11 heteroatoms. The van der Waals surface area contributed by atoms with E-state index < -0.39 is 22.8 Å². The number of anilines is 2. The van der Waals surface area contributed by atoms with Crippen LogP contribution in [0.25, 0.3) is 6.08 Å². The summed E-state index contributed by atoms with van der Waals surface area (Å²) in [5, 5.41) is 13.5. The van der Waals surface area contributed by atoms with Crippen molar-refractivity contribution >= 4 is 41.0 Å². The Bertz CT molecular complexity index is 2240. The number of ether oxygens (including phenoxy) is 2. The number of benzene rings is 5. The number of carbonyl (C=O) groups excluding carboxylic acids is 3. The Hall–Kier alpha value is -6.75. The third-order valence-electron chi connectivity index (χ3n) is 10.4. The molecule has 0 bridgehead atoms. The predicted molar refractivity (Wildman–Crippen MR) is 204 cm³/mol. The molecular weight excluding hydrogens is 684 g/mol. The van der Waals surface area contributed by atoms with Gasteiger partial charge in [0, 0.05) is 54.4 Å². The standard InChI is InChI=1S/C43H36N4O7/c1-53-33-17-14-30(39(25-33)54-26-27-12-15-31(16-13-27)47(51)52)22-38-41(48)44-43(50)46(42(38)49)32-23-36-34(28-8-4-2-5-9-28)18-20-45-21-19-35(37(24-32)40(36)45)29-10-6-3-7-11-29/h2-17,22-25,34-35H,18-21,26H2,1H3,(H,44,48,50)/b38-22+/t34-,35+. The maximum Gasteiger partial charge on any atom is 0.335 e. The molecule has 0 unspecified atom stereocenters. The van der Waals surface area contributed by atoms with Crippen molar-refractivity contribution in [2.24, 2.45) is 0 Å². The number of nitrogens with one attached hydrogen (secondary N) is 1. The van der Waals surface area contributed by atoms with Crippen molar-refractivity contribution in [2.75, 3.05) is 30.0 Å². The summed E-state index contributed by atoms with van der Waals surface area (Å²) in [6.07, 6.45) is 3.16. The fourth-order valence-corrected chi connectivity index (χ4v) is 7.78. The Labute approximate surface area is 311 Å². The number of methoxy groups -OCH3 is 1. The lowest BCUT2D eigenvalue weighted by Crippen LogP contribution is -2.54. The monoisotopic (exact) mass is 720 g/mol. The highest BCUT2D eigenvalue weighted by Gasteiger charge is 2.40. The number of carbonyl (C=O) groups is 3. The maximum atomic E-state index is 14.4. The molecule has 3 heterocycles. The first-order valence-corrected chi connectivity index (χ1v) is 17.8. The van der Waals surface area contributed by atoms with Gasteiger partial charge in [-0.05, 0) is 83.1 Å².